The van der Waals surface area contributed by atoms with Crippen molar-refractivity contribution in [3.63, 3.8) is 0 Å². The zero-order valence-corrected chi connectivity index (χ0v) is 17.3. The lowest BCUT2D eigenvalue weighted by atomic mass is 9.48. The van der Waals surface area contributed by atoms with Crippen LogP contribution in [0.15, 0.2) is 0 Å². The standard InChI is InChI=1S/C23H37F3O2/c1-3-4-20(27)19-8-7-18-17-6-5-14-13-22(28,23(24,25)26)12-10-15(14)16(17)9-11-21(18,19)2/h14-20,27-28H,3-13H2,1-2H3/t14-,15+,16-,17-,18+,19-,20?,21+,22?/m1/s1. The second-order valence-corrected chi connectivity index (χ2v) is 10.8. The second kappa shape index (κ2) is 7.14. The van der Waals surface area contributed by atoms with Gasteiger partial charge in [0, 0.05) is 0 Å². The van der Waals surface area contributed by atoms with Crippen LogP contribution in [0.4, 0.5) is 13.2 Å². The Hall–Kier alpha value is -0.290. The number of rotatable bonds is 3. The van der Waals surface area contributed by atoms with Gasteiger partial charge in [-0.2, -0.15) is 13.2 Å². The van der Waals surface area contributed by atoms with E-state index in [0.29, 0.717) is 36.0 Å². The van der Waals surface area contributed by atoms with Crippen LogP contribution in [0.3, 0.4) is 0 Å². The fourth-order valence-corrected chi connectivity index (χ4v) is 8.31. The molecule has 2 nitrogen and oxygen atoms in total. The highest BCUT2D eigenvalue weighted by atomic mass is 19.4. The summed E-state index contributed by atoms with van der Waals surface area (Å²) in [7, 11) is 0. The van der Waals surface area contributed by atoms with Crippen molar-refractivity contribution in [2.24, 2.45) is 40.9 Å². The molecule has 0 amide bonds. The van der Waals surface area contributed by atoms with E-state index in [1.165, 1.54) is 6.42 Å². The minimum Gasteiger partial charge on any atom is -0.393 e. The van der Waals surface area contributed by atoms with Gasteiger partial charge in [-0.15, -0.1) is 0 Å². The summed E-state index contributed by atoms with van der Waals surface area (Å²) >= 11 is 0. The normalized spacial score (nSPS) is 49.8. The van der Waals surface area contributed by atoms with Crippen molar-refractivity contribution in [1.29, 1.82) is 0 Å². The lowest BCUT2D eigenvalue weighted by molar-refractivity contribution is -0.282. The van der Waals surface area contributed by atoms with Gasteiger partial charge in [-0.3, -0.25) is 0 Å². The maximum atomic E-state index is 13.4. The highest BCUT2D eigenvalue weighted by Crippen LogP contribution is 2.65. The summed E-state index contributed by atoms with van der Waals surface area (Å²) in [6.45, 7) is 4.52. The Kier molecular flexibility index (Phi) is 5.35. The largest absolute Gasteiger partial charge is 0.417 e. The third-order valence-electron chi connectivity index (χ3n) is 9.66. The van der Waals surface area contributed by atoms with Crippen molar-refractivity contribution >= 4 is 0 Å². The highest BCUT2D eigenvalue weighted by molar-refractivity contribution is 5.08. The van der Waals surface area contributed by atoms with E-state index in [4.69, 9.17) is 0 Å². The minimum absolute atomic E-state index is 0.0221. The van der Waals surface area contributed by atoms with Gasteiger partial charge in [0.2, 0.25) is 0 Å². The number of aliphatic hydroxyl groups is 2. The van der Waals surface area contributed by atoms with Gasteiger partial charge in [0.15, 0.2) is 5.60 Å². The van der Waals surface area contributed by atoms with Crippen molar-refractivity contribution in [2.75, 3.05) is 0 Å². The quantitative estimate of drug-likeness (QED) is 0.635. The Morgan fingerprint density at radius 3 is 2.36 bits per heavy atom. The van der Waals surface area contributed by atoms with Crippen LogP contribution in [0.2, 0.25) is 0 Å². The Bertz CT molecular complexity index is 579. The van der Waals surface area contributed by atoms with Crippen molar-refractivity contribution in [1.82, 2.24) is 0 Å². The summed E-state index contributed by atoms with van der Waals surface area (Å²) in [5.41, 5.74) is -2.27. The fraction of sp³-hybridized carbons (Fsp3) is 1.00. The van der Waals surface area contributed by atoms with E-state index in [1.54, 1.807) is 0 Å². The van der Waals surface area contributed by atoms with Gasteiger partial charge >= 0.3 is 6.18 Å². The molecule has 0 saturated heterocycles. The molecule has 0 aliphatic heterocycles. The first-order chi connectivity index (χ1) is 13.1. The molecule has 0 aromatic rings. The van der Waals surface area contributed by atoms with E-state index >= 15 is 0 Å². The summed E-state index contributed by atoms with van der Waals surface area (Å²) in [6.07, 6.45) is 3.81. The lowest BCUT2D eigenvalue weighted by Gasteiger charge is -2.57. The molecule has 4 rings (SSSR count). The number of hydrogen-bond acceptors (Lipinski definition) is 2. The predicted octanol–water partition coefficient (Wildman–Crippen LogP) is 5.71. The highest BCUT2D eigenvalue weighted by Gasteiger charge is 2.62. The molecular formula is C23H37F3O2. The molecule has 0 radical (unpaired) electrons. The lowest BCUT2D eigenvalue weighted by Crippen LogP contribution is -2.55. The van der Waals surface area contributed by atoms with Gasteiger partial charge in [0.25, 0.3) is 0 Å². The van der Waals surface area contributed by atoms with E-state index < -0.39 is 11.8 Å². The molecule has 4 aliphatic rings. The molecule has 2 unspecified atom stereocenters. The van der Waals surface area contributed by atoms with E-state index in [1.807, 2.05) is 0 Å². The molecule has 0 spiro atoms. The molecule has 4 aliphatic carbocycles. The smallest absolute Gasteiger partial charge is 0.393 e. The second-order valence-electron chi connectivity index (χ2n) is 10.8. The third kappa shape index (κ3) is 3.14. The van der Waals surface area contributed by atoms with Gasteiger partial charge < -0.3 is 10.2 Å². The monoisotopic (exact) mass is 402 g/mol. The number of halogens is 3. The number of aliphatic hydroxyl groups excluding tert-OH is 1. The molecule has 9 atom stereocenters. The number of fused-ring (bicyclic) bond motifs is 5. The first-order valence-electron chi connectivity index (χ1n) is 11.6. The van der Waals surface area contributed by atoms with Crippen LogP contribution in [0.5, 0.6) is 0 Å². The molecule has 4 saturated carbocycles. The van der Waals surface area contributed by atoms with Crippen molar-refractivity contribution in [3.05, 3.63) is 0 Å². The van der Waals surface area contributed by atoms with Crippen LogP contribution in [-0.2, 0) is 0 Å². The Morgan fingerprint density at radius 1 is 0.964 bits per heavy atom. The van der Waals surface area contributed by atoms with E-state index in [-0.39, 0.29) is 30.3 Å². The molecule has 162 valence electrons. The molecule has 28 heavy (non-hydrogen) atoms. The Balaban J connectivity index is 1.49. The average Bonchev–Trinajstić information content (AvgIpc) is 2.98. The summed E-state index contributed by atoms with van der Waals surface area (Å²) in [6, 6.07) is 0. The van der Waals surface area contributed by atoms with Gasteiger partial charge in [0.1, 0.15) is 0 Å². The van der Waals surface area contributed by atoms with Crippen molar-refractivity contribution in [3.8, 4) is 0 Å². The number of hydrogen-bond donors (Lipinski definition) is 2. The maximum Gasteiger partial charge on any atom is 0.417 e. The summed E-state index contributed by atoms with van der Waals surface area (Å²) in [5.74, 6) is 2.51. The SMILES string of the molecule is CCCC(O)[C@H]1CC[C@H]2[C@@H]3CC[C@@H]4CC(O)(C(F)(F)F)CC[C@@H]4[C@H]3CC[C@]12C. The van der Waals surface area contributed by atoms with Crippen LogP contribution >= 0.6 is 0 Å². The van der Waals surface area contributed by atoms with E-state index in [9.17, 15) is 23.4 Å². The van der Waals surface area contributed by atoms with Gasteiger partial charge in [-0.05, 0) is 105 Å². The average molecular weight is 403 g/mol. The molecule has 0 heterocycles. The summed E-state index contributed by atoms with van der Waals surface area (Å²) in [4.78, 5) is 0. The third-order valence-corrected chi connectivity index (χ3v) is 9.66. The minimum atomic E-state index is -4.51. The van der Waals surface area contributed by atoms with Crippen LogP contribution in [0.25, 0.3) is 0 Å². The summed E-state index contributed by atoms with van der Waals surface area (Å²) < 4.78 is 40.1. The molecule has 4 fully saturated rings. The zero-order valence-electron chi connectivity index (χ0n) is 17.3. The Morgan fingerprint density at radius 2 is 1.68 bits per heavy atom. The first-order valence-corrected chi connectivity index (χ1v) is 11.6. The number of alkyl halides is 3. The van der Waals surface area contributed by atoms with Crippen LogP contribution < -0.4 is 0 Å². The van der Waals surface area contributed by atoms with Crippen molar-refractivity contribution in [2.45, 2.75) is 102 Å². The Labute approximate surface area is 167 Å². The van der Waals surface area contributed by atoms with E-state index in [2.05, 4.69) is 13.8 Å². The van der Waals surface area contributed by atoms with Gasteiger partial charge in [-0.25, -0.2) is 0 Å². The molecule has 0 bridgehead atoms. The predicted molar refractivity (Wildman–Crippen MR) is 103 cm³/mol. The summed E-state index contributed by atoms with van der Waals surface area (Å²) in [5, 5.41) is 21.0. The van der Waals surface area contributed by atoms with Gasteiger partial charge in [-0.1, -0.05) is 20.3 Å². The molecule has 0 aromatic heterocycles. The molecule has 0 aromatic carbocycles. The van der Waals surface area contributed by atoms with Crippen LogP contribution in [0.1, 0.15) is 84.5 Å². The van der Waals surface area contributed by atoms with Gasteiger partial charge in [0.05, 0.1) is 6.10 Å². The van der Waals surface area contributed by atoms with Crippen LogP contribution in [-0.4, -0.2) is 28.1 Å². The molecular weight excluding hydrogens is 365 g/mol. The van der Waals surface area contributed by atoms with Crippen molar-refractivity contribution < 1.29 is 23.4 Å². The van der Waals surface area contributed by atoms with E-state index in [0.717, 1.165) is 44.9 Å². The first kappa shape index (κ1) is 21.0. The van der Waals surface area contributed by atoms with Crippen LogP contribution in [0, 0.1) is 40.9 Å². The zero-order chi connectivity index (χ0) is 20.3. The topological polar surface area (TPSA) is 40.5 Å². The maximum absolute atomic E-state index is 13.4. The molecule has 2 N–H and O–H groups in total. The molecule has 5 heteroatoms. The fourth-order valence-electron chi connectivity index (χ4n) is 8.31.